The molecule has 0 aliphatic heterocycles. The van der Waals surface area contributed by atoms with Crippen molar-refractivity contribution in [2.24, 2.45) is 0 Å². The average molecular weight is 263 g/mol. The Labute approximate surface area is 115 Å². The van der Waals surface area contributed by atoms with Gasteiger partial charge in [0.25, 0.3) is 0 Å². The van der Waals surface area contributed by atoms with E-state index < -0.39 is 0 Å². The van der Waals surface area contributed by atoms with Gasteiger partial charge in [-0.25, -0.2) is 5.10 Å². The SMILES string of the molecule is CCc1cc(-c2nnn[nH]2)c2[nH]c3ccccc3c2c1. The first-order chi connectivity index (χ1) is 9.86. The van der Waals surface area contributed by atoms with Crippen LogP contribution in [0.4, 0.5) is 0 Å². The number of hydrogen-bond donors (Lipinski definition) is 2. The normalized spacial score (nSPS) is 11.4. The first-order valence-electron chi connectivity index (χ1n) is 6.64. The molecule has 4 rings (SSSR count). The molecule has 0 unspecified atom stereocenters. The largest absolute Gasteiger partial charge is 0.354 e. The highest BCUT2D eigenvalue weighted by Gasteiger charge is 2.13. The van der Waals surface area contributed by atoms with Crippen molar-refractivity contribution < 1.29 is 0 Å². The van der Waals surface area contributed by atoms with Crippen molar-refractivity contribution in [1.82, 2.24) is 25.6 Å². The van der Waals surface area contributed by atoms with Crippen molar-refractivity contribution in [2.75, 3.05) is 0 Å². The Bertz CT molecular complexity index is 889. The molecule has 0 aliphatic carbocycles. The van der Waals surface area contributed by atoms with Gasteiger partial charge in [-0.3, -0.25) is 0 Å². The van der Waals surface area contributed by atoms with Gasteiger partial charge < -0.3 is 4.98 Å². The van der Waals surface area contributed by atoms with Crippen molar-refractivity contribution in [2.45, 2.75) is 13.3 Å². The monoisotopic (exact) mass is 263 g/mol. The molecular formula is C15H13N5. The van der Waals surface area contributed by atoms with Gasteiger partial charge in [-0.2, -0.15) is 0 Å². The van der Waals surface area contributed by atoms with Crippen LogP contribution in [0.25, 0.3) is 33.2 Å². The van der Waals surface area contributed by atoms with E-state index in [1.165, 1.54) is 16.3 Å². The fourth-order valence-electron chi connectivity index (χ4n) is 2.67. The van der Waals surface area contributed by atoms with Crippen molar-refractivity contribution in [1.29, 1.82) is 0 Å². The van der Waals surface area contributed by atoms with Gasteiger partial charge in [0.15, 0.2) is 5.82 Å². The van der Waals surface area contributed by atoms with Gasteiger partial charge in [0, 0.05) is 21.9 Å². The summed E-state index contributed by atoms with van der Waals surface area (Å²) in [6, 6.07) is 12.7. The number of H-pyrrole nitrogens is 2. The fraction of sp³-hybridized carbons (Fsp3) is 0.133. The summed E-state index contributed by atoms with van der Waals surface area (Å²) in [7, 11) is 0. The predicted octanol–water partition coefficient (Wildman–Crippen LogP) is 3.06. The zero-order valence-corrected chi connectivity index (χ0v) is 11.0. The highest BCUT2D eigenvalue weighted by molar-refractivity contribution is 6.11. The van der Waals surface area contributed by atoms with Gasteiger partial charge in [0.2, 0.25) is 0 Å². The van der Waals surface area contributed by atoms with E-state index in [9.17, 15) is 0 Å². The molecule has 2 N–H and O–H groups in total. The Morgan fingerprint density at radius 1 is 1.10 bits per heavy atom. The van der Waals surface area contributed by atoms with E-state index in [1.54, 1.807) is 0 Å². The van der Waals surface area contributed by atoms with Crippen LogP contribution in [0.1, 0.15) is 12.5 Å². The van der Waals surface area contributed by atoms with Crippen LogP contribution in [0.2, 0.25) is 0 Å². The Morgan fingerprint density at radius 3 is 2.80 bits per heavy atom. The zero-order chi connectivity index (χ0) is 13.5. The van der Waals surface area contributed by atoms with Crippen LogP contribution in [0.5, 0.6) is 0 Å². The molecule has 0 atom stereocenters. The smallest absolute Gasteiger partial charge is 0.181 e. The number of nitrogens with one attached hydrogen (secondary N) is 2. The molecule has 2 aromatic carbocycles. The number of para-hydroxylation sites is 1. The summed E-state index contributed by atoms with van der Waals surface area (Å²) in [6.07, 6.45) is 0.976. The Morgan fingerprint density at radius 2 is 2.00 bits per heavy atom. The van der Waals surface area contributed by atoms with E-state index in [-0.39, 0.29) is 0 Å². The lowest BCUT2D eigenvalue weighted by Gasteiger charge is -2.03. The molecule has 98 valence electrons. The molecule has 5 heteroatoms. The van der Waals surface area contributed by atoms with Gasteiger partial charge >= 0.3 is 0 Å². The van der Waals surface area contributed by atoms with E-state index in [2.05, 4.69) is 62.9 Å². The predicted molar refractivity (Wildman–Crippen MR) is 78.4 cm³/mol. The summed E-state index contributed by atoms with van der Waals surface area (Å²) in [5, 5.41) is 16.7. The van der Waals surface area contributed by atoms with Crippen LogP contribution in [-0.4, -0.2) is 25.6 Å². The van der Waals surface area contributed by atoms with E-state index >= 15 is 0 Å². The number of fused-ring (bicyclic) bond motifs is 3. The van der Waals surface area contributed by atoms with Crippen LogP contribution >= 0.6 is 0 Å². The number of hydrogen-bond acceptors (Lipinski definition) is 3. The number of aryl methyl sites for hydroxylation is 1. The summed E-state index contributed by atoms with van der Waals surface area (Å²) in [5.41, 5.74) is 4.49. The fourth-order valence-corrected chi connectivity index (χ4v) is 2.67. The molecule has 5 nitrogen and oxygen atoms in total. The van der Waals surface area contributed by atoms with Gasteiger partial charge in [-0.1, -0.05) is 25.1 Å². The molecule has 20 heavy (non-hydrogen) atoms. The summed E-state index contributed by atoms with van der Waals surface area (Å²) in [6.45, 7) is 2.15. The number of benzene rings is 2. The summed E-state index contributed by atoms with van der Waals surface area (Å²) < 4.78 is 0. The molecular weight excluding hydrogens is 250 g/mol. The number of aromatic nitrogens is 5. The highest BCUT2D eigenvalue weighted by Crippen LogP contribution is 2.32. The third-order valence-electron chi connectivity index (χ3n) is 3.68. The lowest BCUT2D eigenvalue weighted by Crippen LogP contribution is -1.88. The Kier molecular flexibility index (Phi) is 2.32. The van der Waals surface area contributed by atoms with Gasteiger partial charge in [-0.15, -0.1) is 5.10 Å². The van der Waals surface area contributed by atoms with Crippen molar-refractivity contribution in [3.8, 4) is 11.4 Å². The van der Waals surface area contributed by atoms with Gasteiger partial charge in [0.1, 0.15) is 0 Å². The molecule has 2 heterocycles. The van der Waals surface area contributed by atoms with Crippen LogP contribution in [0.15, 0.2) is 36.4 Å². The van der Waals surface area contributed by atoms with E-state index in [1.807, 2.05) is 6.07 Å². The minimum absolute atomic E-state index is 0.692. The maximum atomic E-state index is 4.05. The molecule has 0 radical (unpaired) electrons. The molecule has 0 fully saturated rings. The third-order valence-corrected chi connectivity index (χ3v) is 3.68. The van der Waals surface area contributed by atoms with E-state index in [0.29, 0.717) is 5.82 Å². The quantitative estimate of drug-likeness (QED) is 0.584. The maximum Gasteiger partial charge on any atom is 0.181 e. The average Bonchev–Trinajstić information content (AvgIpc) is 3.13. The first kappa shape index (κ1) is 11.2. The molecule has 2 aromatic heterocycles. The number of nitrogens with zero attached hydrogens (tertiary/aromatic N) is 3. The molecule has 0 bridgehead atoms. The lowest BCUT2D eigenvalue weighted by atomic mass is 10.0. The third kappa shape index (κ3) is 1.53. The van der Waals surface area contributed by atoms with E-state index in [0.717, 1.165) is 23.0 Å². The minimum Gasteiger partial charge on any atom is -0.354 e. The van der Waals surface area contributed by atoms with Crippen molar-refractivity contribution >= 4 is 21.8 Å². The van der Waals surface area contributed by atoms with Crippen LogP contribution < -0.4 is 0 Å². The molecule has 0 saturated heterocycles. The lowest BCUT2D eigenvalue weighted by molar-refractivity contribution is 0.881. The Hall–Kier alpha value is -2.69. The molecule has 0 saturated carbocycles. The molecule has 4 aromatic rings. The Balaban J connectivity index is 2.16. The number of tetrazole rings is 1. The summed E-state index contributed by atoms with van der Waals surface area (Å²) >= 11 is 0. The van der Waals surface area contributed by atoms with Gasteiger partial charge in [0.05, 0.1) is 5.52 Å². The van der Waals surface area contributed by atoms with Crippen LogP contribution in [-0.2, 0) is 6.42 Å². The molecule has 0 amide bonds. The van der Waals surface area contributed by atoms with Gasteiger partial charge in [-0.05, 0) is 40.6 Å². The molecule has 0 spiro atoms. The summed E-state index contributed by atoms with van der Waals surface area (Å²) in [4.78, 5) is 3.47. The standard InChI is InChI=1S/C15H13N5/c1-2-9-7-11-10-5-3-4-6-13(10)16-14(11)12(8-9)15-17-19-20-18-15/h3-8,16H,2H2,1H3,(H,17,18,19,20). The zero-order valence-electron chi connectivity index (χ0n) is 11.0. The second-order valence-corrected chi connectivity index (χ2v) is 4.84. The van der Waals surface area contributed by atoms with Crippen molar-refractivity contribution in [3.05, 3.63) is 42.0 Å². The van der Waals surface area contributed by atoms with Crippen LogP contribution in [0, 0.1) is 0 Å². The first-order valence-corrected chi connectivity index (χ1v) is 6.64. The summed E-state index contributed by atoms with van der Waals surface area (Å²) in [5.74, 6) is 0.692. The topological polar surface area (TPSA) is 70.2 Å². The highest BCUT2D eigenvalue weighted by atomic mass is 15.5. The van der Waals surface area contributed by atoms with Crippen molar-refractivity contribution in [3.63, 3.8) is 0 Å². The second kappa shape index (κ2) is 4.16. The second-order valence-electron chi connectivity index (χ2n) is 4.84. The number of aromatic amines is 2. The minimum atomic E-state index is 0.692. The maximum absolute atomic E-state index is 4.05. The number of rotatable bonds is 2. The molecule has 0 aliphatic rings. The van der Waals surface area contributed by atoms with Crippen LogP contribution in [0.3, 0.4) is 0 Å². The van der Waals surface area contributed by atoms with E-state index in [4.69, 9.17) is 0 Å².